The maximum atomic E-state index is 11.8. The van der Waals surface area contributed by atoms with Crippen molar-refractivity contribution in [1.29, 1.82) is 0 Å². The first kappa shape index (κ1) is 23.8. The fourth-order valence-electron chi connectivity index (χ4n) is 3.56. The van der Waals surface area contributed by atoms with Gasteiger partial charge in [0.2, 0.25) is 11.8 Å². The van der Waals surface area contributed by atoms with E-state index in [1.807, 2.05) is 0 Å². The molecule has 2 aliphatic heterocycles. The molecule has 2 heterocycles. The van der Waals surface area contributed by atoms with E-state index in [2.05, 4.69) is 21.3 Å². The van der Waals surface area contributed by atoms with Gasteiger partial charge >= 0.3 is 12.1 Å². The Morgan fingerprint density at radius 3 is 1.47 bits per heavy atom. The summed E-state index contributed by atoms with van der Waals surface area (Å²) in [7, 11) is 0. The van der Waals surface area contributed by atoms with E-state index in [4.69, 9.17) is 0 Å². The van der Waals surface area contributed by atoms with E-state index in [0.29, 0.717) is 65.2 Å². The monoisotopic (exact) mass is 424 g/mol. The maximum Gasteiger partial charge on any atom is 0.317 e. The Morgan fingerprint density at radius 1 is 0.700 bits per heavy atom. The first-order valence-electron chi connectivity index (χ1n) is 11.1. The van der Waals surface area contributed by atoms with Gasteiger partial charge in [-0.2, -0.15) is 0 Å². The van der Waals surface area contributed by atoms with Crippen LogP contribution < -0.4 is 21.3 Å². The zero-order valence-electron chi connectivity index (χ0n) is 17.8. The Kier molecular flexibility index (Phi) is 10.8. The average molecular weight is 425 g/mol. The molecular formula is C20H36N6O4. The molecule has 0 aliphatic carbocycles. The van der Waals surface area contributed by atoms with Crippen LogP contribution in [0.5, 0.6) is 0 Å². The maximum absolute atomic E-state index is 11.8. The zero-order chi connectivity index (χ0) is 21.6. The summed E-state index contributed by atoms with van der Waals surface area (Å²) >= 11 is 0. The molecule has 4 N–H and O–H groups in total. The van der Waals surface area contributed by atoms with Crippen molar-refractivity contribution < 1.29 is 19.2 Å². The van der Waals surface area contributed by atoms with Crippen LogP contribution in [0.3, 0.4) is 0 Å². The van der Waals surface area contributed by atoms with Crippen LogP contribution >= 0.6 is 0 Å². The van der Waals surface area contributed by atoms with E-state index in [1.165, 1.54) is 0 Å². The molecule has 0 atom stereocenters. The van der Waals surface area contributed by atoms with Crippen molar-refractivity contribution in [3.63, 3.8) is 0 Å². The van der Waals surface area contributed by atoms with Crippen molar-refractivity contribution in [2.24, 2.45) is 0 Å². The highest BCUT2D eigenvalue weighted by molar-refractivity contribution is 5.78. The predicted octanol–water partition coefficient (Wildman–Crippen LogP) is 0.390. The van der Waals surface area contributed by atoms with Crippen molar-refractivity contribution in [3.05, 3.63) is 0 Å². The number of carbonyl (C=O) groups excluding carboxylic acids is 4. The van der Waals surface area contributed by atoms with Crippen LogP contribution in [0, 0.1) is 0 Å². The average Bonchev–Trinajstić information content (AvgIpc) is 3.32. The number of nitrogens with one attached hydrogen (secondary N) is 4. The molecule has 0 radical (unpaired) electrons. The smallest absolute Gasteiger partial charge is 0.317 e. The van der Waals surface area contributed by atoms with Gasteiger partial charge in [-0.3, -0.25) is 9.59 Å². The molecule has 0 aromatic carbocycles. The Labute approximate surface area is 178 Å². The number of nitrogens with zero attached hydrogens (tertiary/aromatic N) is 2. The number of carbonyl (C=O) groups is 4. The van der Waals surface area contributed by atoms with Crippen molar-refractivity contribution in [2.75, 3.05) is 52.4 Å². The van der Waals surface area contributed by atoms with Gasteiger partial charge in [0, 0.05) is 65.2 Å². The van der Waals surface area contributed by atoms with E-state index >= 15 is 0 Å². The van der Waals surface area contributed by atoms with Gasteiger partial charge in [0.1, 0.15) is 0 Å². The van der Waals surface area contributed by atoms with Crippen LogP contribution in [0.15, 0.2) is 0 Å². The van der Waals surface area contributed by atoms with Crippen LogP contribution in [0.1, 0.15) is 51.4 Å². The minimum Gasteiger partial charge on any atom is -0.354 e. The molecule has 170 valence electrons. The molecule has 10 heteroatoms. The molecule has 6 amide bonds. The van der Waals surface area contributed by atoms with E-state index in [0.717, 1.165) is 38.5 Å². The second-order valence-electron chi connectivity index (χ2n) is 7.76. The third-order valence-electron chi connectivity index (χ3n) is 5.36. The summed E-state index contributed by atoms with van der Waals surface area (Å²) in [6.07, 6.45) is 6.90. The van der Waals surface area contributed by atoms with Crippen molar-refractivity contribution in [2.45, 2.75) is 51.4 Å². The fraction of sp³-hybridized carbons (Fsp3) is 0.800. The van der Waals surface area contributed by atoms with Crippen LogP contribution in [0.25, 0.3) is 0 Å². The van der Waals surface area contributed by atoms with Gasteiger partial charge in [0.25, 0.3) is 0 Å². The zero-order valence-corrected chi connectivity index (χ0v) is 17.8. The number of rotatable bonds is 15. The molecule has 2 saturated heterocycles. The van der Waals surface area contributed by atoms with E-state index in [-0.39, 0.29) is 23.9 Å². The second-order valence-corrected chi connectivity index (χ2v) is 7.76. The number of amides is 6. The Balaban J connectivity index is 1.33. The minimum absolute atomic E-state index is 0.0395. The molecule has 0 unspecified atom stereocenters. The highest BCUT2D eigenvalue weighted by Crippen LogP contribution is 2.08. The lowest BCUT2D eigenvalue weighted by molar-refractivity contribution is -0.122. The van der Waals surface area contributed by atoms with Gasteiger partial charge in [0.05, 0.1) is 0 Å². The lowest BCUT2D eigenvalue weighted by Crippen LogP contribution is -2.36. The van der Waals surface area contributed by atoms with E-state index in [9.17, 15) is 19.2 Å². The van der Waals surface area contributed by atoms with E-state index in [1.54, 1.807) is 9.80 Å². The highest BCUT2D eigenvalue weighted by Gasteiger charge is 2.19. The van der Waals surface area contributed by atoms with Gasteiger partial charge in [-0.1, -0.05) is 25.7 Å². The molecule has 0 aromatic heterocycles. The summed E-state index contributed by atoms with van der Waals surface area (Å²) in [4.78, 5) is 49.8. The SMILES string of the molecule is O=C(CCCCCCCCC(=O)NCCN1CCNC1=O)NCCN1CCNC1=O. The molecule has 0 bridgehead atoms. The molecule has 2 aliphatic rings. The lowest BCUT2D eigenvalue weighted by Gasteiger charge is -2.14. The van der Waals surface area contributed by atoms with E-state index < -0.39 is 0 Å². The molecular weight excluding hydrogens is 388 g/mol. The van der Waals surface area contributed by atoms with Gasteiger partial charge < -0.3 is 31.1 Å². The number of urea groups is 2. The van der Waals surface area contributed by atoms with Crippen LogP contribution in [0.4, 0.5) is 9.59 Å². The second kappa shape index (κ2) is 13.7. The quantitative estimate of drug-likeness (QED) is 0.284. The summed E-state index contributed by atoms with van der Waals surface area (Å²) in [6.45, 7) is 4.87. The van der Waals surface area contributed by atoms with Gasteiger partial charge in [-0.25, -0.2) is 9.59 Å². The normalized spacial score (nSPS) is 15.9. The predicted molar refractivity (Wildman–Crippen MR) is 113 cm³/mol. The standard InChI is InChI=1S/C20H36N6O4/c27-17(21-9-13-25-15-11-23-19(25)29)7-5-3-1-2-4-6-8-18(28)22-10-14-26-16-12-24-20(26)30/h1-16H2,(H,21,27)(H,22,28)(H,23,29)(H,24,30). The molecule has 30 heavy (non-hydrogen) atoms. The summed E-state index contributed by atoms with van der Waals surface area (Å²) in [5.74, 6) is 0.0791. The molecule has 0 spiro atoms. The first-order valence-corrected chi connectivity index (χ1v) is 11.1. The summed E-state index contributed by atoms with van der Waals surface area (Å²) in [6, 6.07) is -0.115. The van der Waals surface area contributed by atoms with Crippen LogP contribution in [0.2, 0.25) is 0 Å². The summed E-state index contributed by atoms with van der Waals surface area (Å²) in [5.41, 5.74) is 0. The molecule has 0 saturated carbocycles. The van der Waals surface area contributed by atoms with Crippen molar-refractivity contribution in [1.82, 2.24) is 31.1 Å². The van der Waals surface area contributed by atoms with Crippen LogP contribution in [-0.4, -0.2) is 86.0 Å². The van der Waals surface area contributed by atoms with Crippen molar-refractivity contribution in [3.8, 4) is 0 Å². The third-order valence-corrected chi connectivity index (χ3v) is 5.36. The fourth-order valence-corrected chi connectivity index (χ4v) is 3.56. The summed E-state index contributed by atoms with van der Waals surface area (Å²) in [5, 5.41) is 11.2. The highest BCUT2D eigenvalue weighted by atomic mass is 16.2. The lowest BCUT2D eigenvalue weighted by atomic mass is 10.1. The number of hydrogen-bond acceptors (Lipinski definition) is 4. The molecule has 2 rings (SSSR count). The number of hydrogen-bond donors (Lipinski definition) is 4. The van der Waals surface area contributed by atoms with Gasteiger partial charge in [0.15, 0.2) is 0 Å². The summed E-state index contributed by atoms with van der Waals surface area (Å²) < 4.78 is 0. The minimum atomic E-state index is -0.0575. The Hall–Kier alpha value is -2.52. The van der Waals surface area contributed by atoms with Crippen molar-refractivity contribution >= 4 is 23.9 Å². The molecule has 0 aromatic rings. The van der Waals surface area contributed by atoms with Gasteiger partial charge in [-0.05, 0) is 12.8 Å². The number of unbranched alkanes of at least 4 members (excludes halogenated alkanes) is 5. The topological polar surface area (TPSA) is 123 Å². The molecule has 10 nitrogen and oxygen atoms in total. The molecule has 2 fully saturated rings. The van der Waals surface area contributed by atoms with Crippen LogP contribution in [-0.2, 0) is 9.59 Å². The first-order chi connectivity index (χ1) is 14.6. The Bertz CT molecular complexity index is 536. The third kappa shape index (κ3) is 9.32. The Morgan fingerprint density at radius 2 is 1.10 bits per heavy atom. The van der Waals surface area contributed by atoms with Gasteiger partial charge in [-0.15, -0.1) is 0 Å². The largest absolute Gasteiger partial charge is 0.354 e.